The van der Waals surface area contributed by atoms with Gasteiger partial charge in [-0.15, -0.1) is 0 Å². The van der Waals surface area contributed by atoms with Crippen LogP contribution in [0.2, 0.25) is 5.02 Å². The van der Waals surface area contributed by atoms with Gasteiger partial charge in [-0.2, -0.15) is 0 Å². The normalized spacial score (nSPS) is 15.3. The van der Waals surface area contributed by atoms with E-state index in [1.54, 1.807) is 24.3 Å². The average Bonchev–Trinajstić information content (AvgIpc) is 2.93. The van der Waals surface area contributed by atoms with Gasteiger partial charge in [-0.05, 0) is 42.8 Å². The molecule has 7 heteroatoms. The van der Waals surface area contributed by atoms with Crippen molar-refractivity contribution in [2.24, 2.45) is 4.99 Å². The second-order valence-corrected chi connectivity index (χ2v) is 5.49. The van der Waals surface area contributed by atoms with Crippen molar-refractivity contribution in [1.29, 1.82) is 0 Å². The molecule has 0 aliphatic carbocycles. The summed E-state index contributed by atoms with van der Waals surface area (Å²) in [6.45, 7) is 2.43. The van der Waals surface area contributed by atoms with Gasteiger partial charge in [0.05, 0.1) is 17.2 Å². The first-order valence-corrected chi connectivity index (χ1v) is 7.76. The van der Waals surface area contributed by atoms with Crippen LogP contribution >= 0.6 is 11.6 Å². The van der Waals surface area contributed by atoms with Gasteiger partial charge in [0.15, 0.2) is 17.3 Å². The molecule has 0 amide bonds. The van der Waals surface area contributed by atoms with Gasteiger partial charge in [0.25, 0.3) is 0 Å². The van der Waals surface area contributed by atoms with Gasteiger partial charge in [0, 0.05) is 0 Å². The second-order valence-electron chi connectivity index (χ2n) is 5.08. The van der Waals surface area contributed by atoms with Crippen LogP contribution in [0.25, 0.3) is 6.08 Å². The standard InChI is InChI=1S/C18H12ClF2NO3/c1-2-24-11-5-3-10(4-6-11)7-16-18(23)25-17(22-16)12-8-14(20)15(21)9-13(12)19/h3-9H,2H2,1H3. The van der Waals surface area contributed by atoms with Gasteiger partial charge < -0.3 is 9.47 Å². The monoisotopic (exact) mass is 363 g/mol. The Morgan fingerprint density at radius 2 is 1.88 bits per heavy atom. The van der Waals surface area contributed by atoms with E-state index in [1.165, 1.54) is 6.08 Å². The third-order valence-corrected chi connectivity index (χ3v) is 3.67. The van der Waals surface area contributed by atoms with Crippen molar-refractivity contribution in [1.82, 2.24) is 0 Å². The minimum atomic E-state index is -1.11. The Morgan fingerprint density at radius 3 is 2.56 bits per heavy atom. The molecule has 4 nitrogen and oxygen atoms in total. The fourth-order valence-corrected chi connectivity index (χ4v) is 2.43. The fraction of sp³-hybridized carbons (Fsp3) is 0.111. The number of benzene rings is 2. The number of hydrogen-bond donors (Lipinski definition) is 0. The summed E-state index contributed by atoms with van der Waals surface area (Å²) in [6.07, 6.45) is 1.51. The third-order valence-electron chi connectivity index (χ3n) is 3.36. The van der Waals surface area contributed by atoms with E-state index in [0.29, 0.717) is 17.9 Å². The first-order valence-electron chi connectivity index (χ1n) is 7.38. The summed E-state index contributed by atoms with van der Waals surface area (Å²) in [5.74, 6) is -2.38. The van der Waals surface area contributed by atoms with Gasteiger partial charge >= 0.3 is 5.97 Å². The van der Waals surface area contributed by atoms with E-state index < -0.39 is 17.6 Å². The molecular weight excluding hydrogens is 352 g/mol. The number of cyclic esters (lactones) is 1. The lowest BCUT2D eigenvalue weighted by molar-refractivity contribution is -0.129. The lowest BCUT2D eigenvalue weighted by atomic mass is 10.2. The smallest absolute Gasteiger partial charge is 0.363 e. The Bertz CT molecular complexity index is 892. The maximum Gasteiger partial charge on any atom is 0.363 e. The molecular formula is C18H12ClF2NO3. The quantitative estimate of drug-likeness (QED) is 0.460. The minimum Gasteiger partial charge on any atom is -0.494 e. The first-order chi connectivity index (χ1) is 12.0. The zero-order chi connectivity index (χ0) is 18.0. The van der Waals surface area contributed by atoms with Crippen LogP contribution in [-0.2, 0) is 9.53 Å². The molecule has 0 fully saturated rings. The lowest BCUT2D eigenvalue weighted by Gasteiger charge is -2.03. The van der Waals surface area contributed by atoms with Gasteiger partial charge in [0.2, 0.25) is 5.90 Å². The zero-order valence-corrected chi connectivity index (χ0v) is 13.8. The van der Waals surface area contributed by atoms with E-state index >= 15 is 0 Å². The van der Waals surface area contributed by atoms with Crippen LogP contribution in [0.3, 0.4) is 0 Å². The Balaban J connectivity index is 1.91. The van der Waals surface area contributed by atoms with Crippen LogP contribution < -0.4 is 4.74 Å². The molecule has 0 aromatic heterocycles. The summed E-state index contributed by atoms with van der Waals surface area (Å²) < 4.78 is 36.9. The van der Waals surface area contributed by atoms with Crippen molar-refractivity contribution in [3.8, 4) is 5.75 Å². The van der Waals surface area contributed by atoms with E-state index in [1.807, 2.05) is 6.92 Å². The molecule has 1 heterocycles. The molecule has 1 aliphatic heterocycles. The van der Waals surface area contributed by atoms with E-state index in [0.717, 1.165) is 12.1 Å². The summed E-state index contributed by atoms with van der Waals surface area (Å²) in [4.78, 5) is 16.0. The van der Waals surface area contributed by atoms with Crippen molar-refractivity contribution in [3.63, 3.8) is 0 Å². The summed E-state index contributed by atoms with van der Waals surface area (Å²) >= 11 is 5.87. The highest BCUT2D eigenvalue weighted by molar-refractivity contribution is 6.34. The first kappa shape index (κ1) is 17.1. The van der Waals surface area contributed by atoms with Crippen LogP contribution in [0.1, 0.15) is 18.1 Å². The molecule has 0 saturated carbocycles. The Labute approximate surface area is 147 Å². The molecule has 0 spiro atoms. The van der Waals surface area contributed by atoms with Gasteiger partial charge in [0.1, 0.15) is 5.75 Å². The molecule has 0 N–H and O–H groups in total. The molecule has 25 heavy (non-hydrogen) atoms. The van der Waals surface area contributed by atoms with Gasteiger partial charge in [-0.25, -0.2) is 18.6 Å². The number of aliphatic imine (C=N–C) groups is 1. The van der Waals surface area contributed by atoms with Crippen molar-refractivity contribution in [3.05, 3.63) is 69.9 Å². The van der Waals surface area contributed by atoms with Crippen LogP contribution in [0.15, 0.2) is 47.1 Å². The maximum absolute atomic E-state index is 13.4. The highest BCUT2D eigenvalue weighted by atomic mass is 35.5. The predicted molar refractivity (Wildman–Crippen MR) is 89.6 cm³/mol. The third kappa shape index (κ3) is 3.69. The topological polar surface area (TPSA) is 47.9 Å². The summed E-state index contributed by atoms with van der Waals surface area (Å²) in [6, 6.07) is 8.66. The molecule has 2 aromatic carbocycles. The number of esters is 1. The highest BCUT2D eigenvalue weighted by Crippen LogP contribution is 2.26. The number of carbonyl (C=O) groups is 1. The predicted octanol–water partition coefficient (Wildman–Crippen LogP) is 4.36. The maximum atomic E-state index is 13.4. The fourth-order valence-electron chi connectivity index (χ4n) is 2.20. The van der Waals surface area contributed by atoms with E-state index in [2.05, 4.69) is 4.99 Å². The van der Waals surface area contributed by atoms with Crippen LogP contribution in [-0.4, -0.2) is 18.5 Å². The van der Waals surface area contributed by atoms with Crippen LogP contribution in [0.4, 0.5) is 8.78 Å². The summed E-state index contributed by atoms with van der Waals surface area (Å²) in [7, 11) is 0. The SMILES string of the molecule is CCOc1ccc(C=C2N=C(c3cc(F)c(F)cc3Cl)OC2=O)cc1. The zero-order valence-electron chi connectivity index (χ0n) is 13.1. The molecule has 3 rings (SSSR count). The molecule has 0 unspecified atom stereocenters. The summed E-state index contributed by atoms with van der Waals surface area (Å²) in [5.41, 5.74) is 0.737. The molecule has 1 aliphatic rings. The number of carbonyl (C=O) groups excluding carboxylic acids is 1. The number of hydrogen-bond acceptors (Lipinski definition) is 4. The Hall–Kier alpha value is -2.73. The van der Waals surface area contributed by atoms with Crippen molar-refractivity contribution in [2.75, 3.05) is 6.61 Å². The Kier molecular flexibility index (Phi) is 4.81. The highest BCUT2D eigenvalue weighted by Gasteiger charge is 2.26. The number of rotatable bonds is 4. The molecule has 0 radical (unpaired) electrons. The largest absolute Gasteiger partial charge is 0.494 e. The van der Waals surface area contributed by atoms with E-state index in [4.69, 9.17) is 21.1 Å². The minimum absolute atomic E-state index is 0.00371. The van der Waals surface area contributed by atoms with Crippen LogP contribution in [0.5, 0.6) is 5.75 Å². The Morgan fingerprint density at radius 1 is 1.20 bits per heavy atom. The van der Waals surface area contributed by atoms with Crippen molar-refractivity contribution >= 4 is 29.5 Å². The number of ether oxygens (including phenoxy) is 2. The summed E-state index contributed by atoms with van der Waals surface area (Å²) in [5, 5.41) is -0.104. The lowest BCUT2D eigenvalue weighted by Crippen LogP contribution is -2.07. The van der Waals surface area contributed by atoms with Gasteiger partial charge in [-0.3, -0.25) is 0 Å². The average molecular weight is 364 g/mol. The molecule has 0 atom stereocenters. The van der Waals surface area contributed by atoms with Gasteiger partial charge in [-0.1, -0.05) is 23.7 Å². The van der Waals surface area contributed by atoms with Crippen molar-refractivity contribution in [2.45, 2.75) is 6.92 Å². The molecule has 0 bridgehead atoms. The molecule has 128 valence electrons. The second kappa shape index (κ2) is 7.03. The number of nitrogens with zero attached hydrogens (tertiary/aromatic N) is 1. The van der Waals surface area contributed by atoms with E-state index in [-0.39, 0.29) is 22.2 Å². The van der Waals surface area contributed by atoms with Crippen molar-refractivity contribution < 1.29 is 23.0 Å². The number of halogens is 3. The van der Waals surface area contributed by atoms with E-state index in [9.17, 15) is 13.6 Å². The van der Waals surface area contributed by atoms with Crippen LogP contribution in [0, 0.1) is 11.6 Å². The molecule has 2 aromatic rings. The molecule has 0 saturated heterocycles.